The summed E-state index contributed by atoms with van der Waals surface area (Å²) in [4.78, 5) is 12.2. The average molecular weight is 445 g/mol. The highest BCUT2D eigenvalue weighted by atomic mass is 16.5. The van der Waals surface area contributed by atoms with Gasteiger partial charge in [-0.15, -0.1) is 5.10 Å². The molecule has 0 saturated carbocycles. The molecule has 33 heavy (non-hydrogen) atoms. The van der Waals surface area contributed by atoms with Gasteiger partial charge in [0.2, 0.25) is 0 Å². The third-order valence-electron chi connectivity index (χ3n) is 4.86. The molecule has 1 heterocycles. The van der Waals surface area contributed by atoms with Crippen molar-refractivity contribution in [1.29, 1.82) is 0 Å². The first-order valence-electron chi connectivity index (χ1n) is 10.2. The lowest BCUT2D eigenvalue weighted by molar-refractivity contribution is -0.121. The first-order valence-corrected chi connectivity index (χ1v) is 10.2. The first-order chi connectivity index (χ1) is 16.2. The van der Waals surface area contributed by atoms with E-state index in [1.165, 1.54) is 10.9 Å². The highest BCUT2D eigenvalue weighted by Gasteiger charge is 2.08. The van der Waals surface area contributed by atoms with Gasteiger partial charge in [0.05, 0.1) is 26.0 Å². The van der Waals surface area contributed by atoms with E-state index in [1.54, 1.807) is 26.4 Å². The molecule has 4 aromatic rings. The van der Waals surface area contributed by atoms with E-state index in [4.69, 9.17) is 14.2 Å². The van der Waals surface area contributed by atoms with Crippen molar-refractivity contribution < 1.29 is 19.0 Å². The van der Waals surface area contributed by atoms with E-state index in [-0.39, 0.29) is 12.5 Å². The van der Waals surface area contributed by atoms with E-state index in [0.717, 1.165) is 27.9 Å². The average Bonchev–Trinajstić information content (AvgIpc) is 3.26. The molecule has 9 nitrogen and oxygen atoms in total. The van der Waals surface area contributed by atoms with Gasteiger partial charge in [0, 0.05) is 0 Å². The van der Waals surface area contributed by atoms with Gasteiger partial charge in [0.15, 0.2) is 11.5 Å². The molecule has 0 radical (unpaired) electrons. The summed E-state index contributed by atoms with van der Waals surface area (Å²) in [5, 5.41) is 12.1. The number of ether oxygens (including phenoxy) is 3. The molecule has 4 rings (SSSR count). The Morgan fingerprint density at radius 1 is 1.03 bits per heavy atom. The van der Waals surface area contributed by atoms with Crippen LogP contribution in [0.25, 0.3) is 11.0 Å². The molecule has 1 aromatic heterocycles. The fourth-order valence-electron chi connectivity index (χ4n) is 3.15. The number of hydrogen-bond donors (Lipinski definition) is 1. The van der Waals surface area contributed by atoms with Gasteiger partial charge in [-0.2, -0.15) is 5.10 Å². The van der Waals surface area contributed by atoms with Crippen molar-refractivity contribution in [2.24, 2.45) is 5.10 Å². The fraction of sp³-hybridized carbons (Fsp3) is 0.167. The van der Waals surface area contributed by atoms with Gasteiger partial charge >= 0.3 is 0 Å². The van der Waals surface area contributed by atoms with Crippen molar-refractivity contribution in [2.45, 2.75) is 13.2 Å². The molecule has 0 fully saturated rings. The molecule has 0 saturated heterocycles. The maximum absolute atomic E-state index is 12.2. The van der Waals surface area contributed by atoms with E-state index < -0.39 is 0 Å². The molecule has 3 aromatic carbocycles. The molecule has 1 amide bonds. The first kappa shape index (κ1) is 21.8. The van der Waals surface area contributed by atoms with E-state index in [0.29, 0.717) is 18.1 Å². The van der Waals surface area contributed by atoms with Crippen LogP contribution < -0.4 is 19.6 Å². The maximum Gasteiger partial charge on any atom is 0.261 e. The van der Waals surface area contributed by atoms with Crippen molar-refractivity contribution in [3.05, 3.63) is 77.9 Å². The molecular weight excluding hydrogens is 422 g/mol. The van der Waals surface area contributed by atoms with Crippen molar-refractivity contribution in [1.82, 2.24) is 20.4 Å². The van der Waals surface area contributed by atoms with Crippen LogP contribution in [0.4, 0.5) is 0 Å². The summed E-state index contributed by atoms with van der Waals surface area (Å²) in [6, 6.07) is 20.5. The number of amides is 1. The molecule has 0 spiro atoms. The zero-order valence-electron chi connectivity index (χ0n) is 18.3. The lowest BCUT2D eigenvalue weighted by Gasteiger charge is -2.11. The third kappa shape index (κ3) is 5.45. The molecule has 0 aliphatic rings. The molecule has 0 aliphatic carbocycles. The van der Waals surface area contributed by atoms with E-state index >= 15 is 0 Å². The fourth-order valence-corrected chi connectivity index (χ4v) is 3.15. The lowest BCUT2D eigenvalue weighted by atomic mass is 10.2. The highest BCUT2D eigenvalue weighted by Crippen LogP contribution is 2.28. The summed E-state index contributed by atoms with van der Waals surface area (Å²) in [6.45, 7) is 0.403. The molecule has 0 bridgehead atoms. The monoisotopic (exact) mass is 445 g/mol. The Kier molecular flexibility index (Phi) is 6.79. The smallest absolute Gasteiger partial charge is 0.261 e. The number of methoxy groups -OCH3 is 2. The second-order valence-electron chi connectivity index (χ2n) is 7.08. The van der Waals surface area contributed by atoms with Gasteiger partial charge in [0.25, 0.3) is 5.91 Å². The van der Waals surface area contributed by atoms with Crippen LogP contribution in [0.5, 0.6) is 17.2 Å². The van der Waals surface area contributed by atoms with Crippen LogP contribution in [-0.2, 0) is 17.9 Å². The van der Waals surface area contributed by atoms with E-state index in [9.17, 15) is 4.79 Å². The zero-order valence-corrected chi connectivity index (χ0v) is 18.3. The Hall–Kier alpha value is -4.40. The van der Waals surface area contributed by atoms with Crippen LogP contribution in [0.2, 0.25) is 0 Å². The number of hydrogen-bond acceptors (Lipinski definition) is 7. The minimum atomic E-state index is -0.312. The van der Waals surface area contributed by atoms with Crippen LogP contribution in [0.15, 0.2) is 71.8 Å². The maximum atomic E-state index is 12.2. The summed E-state index contributed by atoms with van der Waals surface area (Å²) in [5.41, 5.74) is 5.77. The van der Waals surface area contributed by atoms with E-state index in [2.05, 4.69) is 20.8 Å². The molecule has 168 valence electrons. The predicted octanol–water partition coefficient (Wildman–Crippen LogP) is 3.18. The predicted molar refractivity (Wildman–Crippen MR) is 124 cm³/mol. The quantitative estimate of drug-likeness (QED) is 0.314. The summed E-state index contributed by atoms with van der Waals surface area (Å²) in [7, 11) is 3.20. The molecule has 0 atom stereocenters. The Bertz CT molecular complexity index is 1270. The molecule has 9 heteroatoms. The lowest BCUT2D eigenvalue weighted by Crippen LogP contribution is -2.23. The van der Waals surface area contributed by atoms with Gasteiger partial charge in [-0.3, -0.25) is 4.79 Å². The van der Waals surface area contributed by atoms with E-state index in [1.807, 2.05) is 54.6 Å². The number of hydrazone groups is 1. The third-order valence-corrected chi connectivity index (χ3v) is 4.86. The molecule has 0 aliphatic heterocycles. The minimum Gasteiger partial charge on any atom is -0.497 e. The van der Waals surface area contributed by atoms with Gasteiger partial charge in [-0.05, 0) is 53.6 Å². The van der Waals surface area contributed by atoms with Crippen molar-refractivity contribution >= 4 is 23.2 Å². The van der Waals surface area contributed by atoms with Gasteiger partial charge in [-0.1, -0.05) is 29.5 Å². The van der Waals surface area contributed by atoms with Crippen molar-refractivity contribution in [2.75, 3.05) is 14.2 Å². The number of nitrogens with zero attached hydrogens (tertiary/aromatic N) is 4. The summed E-state index contributed by atoms with van der Waals surface area (Å²) in [5.74, 6) is 1.65. The summed E-state index contributed by atoms with van der Waals surface area (Å²) >= 11 is 0. The van der Waals surface area contributed by atoms with Gasteiger partial charge < -0.3 is 14.2 Å². The Morgan fingerprint density at radius 2 is 1.85 bits per heavy atom. The van der Waals surface area contributed by atoms with Gasteiger partial charge in [0.1, 0.15) is 24.4 Å². The number of aromatic nitrogens is 3. The van der Waals surface area contributed by atoms with Crippen LogP contribution >= 0.6 is 0 Å². The summed E-state index contributed by atoms with van der Waals surface area (Å²) < 4.78 is 18.0. The van der Waals surface area contributed by atoms with Gasteiger partial charge in [-0.25, -0.2) is 10.1 Å². The van der Waals surface area contributed by atoms with Crippen molar-refractivity contribution in [3.63, 3.8) is 0 Å². The topological polar surface area (TPSA) is 99.9 Å². The number of benzene rings is 3. The molecule has 0 unspecified atom stereocenters. The Balaban J connectivity index is 1.34. The number of carbonyl (C=O) groups excluding carboxylic acids is 1. The highest BCUT2D eigenvalue weighted by molar-refractivity contribution is 5.84. The summed E-state index contributed by atoms with van der Waals surface area (Å²) in [6.07, 6.45) is 1.53. The SMILES string of the molecule is COc1ccc(COc2ccc(C=NNC(=O)Cn3nnc4ccccc43)cc2OC)cc1. The number of nitrogens with one attached hydrogen (secondary N) is 1. The second kappa shape index (κ2) is 10.3. The molecule has 1 N–H and O–H groups in total. The Labute approximate surface area is 190 Å². The van der Waals surface area contributed by atoms with Crippen LogP contribution in [0.3, 0.4) is 0 Å². The van der Waals surface area contributed by atoms with Crippen LogP contribution in [0, 0.1) is 0 Å². The number of para-hydroxylation sites is 1. The second-order valence-corrected chi connectivity index (χ2v) is 7.08. The van der Waals surface area contributed by atoms with Crippen molar-refractivity contribution in [3.8, 4) is 17.2 Å². The normalized spacial score (nSPS) is 11.0. The zero-order chi connectivity index (χ0) is 23.0. The number of fused-ring (bicyclic) bond motifs is 1. The minimum absolute atomic E-state index is 0.0132. The van der Waals surface area contributed by atoms with Crippen LogP contribution in [-0.4, -0.2) is 41.3 Å². The largest absolute Gasteiger partial charge is 0.497 e. The van der Waals surface area contributed by atoms with Crippen LogP contribution in [0.1, 0.15) is 11.1 Å². The standard InChI is InChI=1S/C24H23N5O4/c1-31-19-10-7-17(8-11-19)16-33-22-12-9-18(13-23(22)32-2)14-25-27-24(30)15-29-21-6-4-3-5-20(21)26-28-29/h3-14H,15-16H2,1-2H3,(H,27,30). The number of carbonyl (C=O) groups is 1. The molecular formula is C24H23N5O4. The Morgan fingerprint density at radius 3 is 2.64 bits per heavy atom. The number of rotatable bonds is 9.